The van der Waals surface area contributed by atoms with E-state index >= 15 is 0 Å². The number of nitrogens with one attached hydrogen (secondary N) is 1. The van der Waals surface area contributed by atoms with Crippen LogP contribution in [0.5, 0.6) is 5.75 Å². The van der Waals surface area contributed by atoms with Crippen molar-refractivity contribution in [3.63, 3.8) is 0 Å². The molecule has 4 rings (SSSR count). The Bertz CT molecular complexity index is 1670. The second-order valence-corrected chi connectivity index (χ2v) is 13.2. The quantitative estimate of drug-likeness (QED) is 0.182. The predicted octanol–water partition coefficient (Wildman–Crippen LogP) is 5.96. The Hall–Kier alpha value is -4.34. The molecule has 0 heterocycles. The van der Waals surface area contributed by atoms with Crippen LogP contribution in [0, 0.1) is 5.92 Å². The fraction of sp³-hybridized carbons (Fsp3) is 0.257. The summed E-state index contributed by atoms with van der Waals surface area (Å²) in [4.78, 5) is 29.7. The van der Waals surface area contributed by atoms with Crippen molar-refractivity contribution in [2.45, 2.75) is 37.8 Å². The molecule has 0 bridgehead atoms. The highest BCUT2D eigenvalue weighted by molar-refractivity contribution is 7.92. The lowest BCUT2D eigenvalue weighted by Gasteiger charge is -2.34. The number of ether oxygens (including phenoxy) is 1. The summed E-state index contributed by atoms with van der Waals surface area (Å²) in [6.07, 6.45) is 0.220. The SMILES string of the molecule is COc1ccc(S(=O)(=O)N(CC(=O)N(Cc2ccccc2Cl)C(Cc2ccccc2)C(=O)NCC(C)C)c2ccccc2)cc1. The number of carbonyl (C=O) groups excluding carboxylic acids is 2. The fourth-order valence-corrected chi connectivity index (χ4v) is 6.39. The fourth-order valence-electron chi connectivity index (χ4n) is 4.78. The van der Waals surface area contributed by atoms with Crippen molar-refractivity contribution in [3.05, 3.63) is 125 Å². The van der Waals surface area contributed by atoms with Gasteiger partial charge in [-0.25, -0.2) is 8.42 Å². The van der Waals surface area contributed by atoms with Gasteiger partial charge in [-0.3, -0.25) is 13.9 Å². The minimum absolute atomic E-state index is 0.00365. The molecule has 0 aliphatic heterocycles. The van der Waals surface area contributed by atoms with Gasteiger partial charge in [0.05, 0.1) is 17.7 Å². The molecular weight excluding hydrogens is 610 g/mol. The topological polar surface area (TPSA) is 96.0 Å². The number of halogens is 1. The molecule has 1 unspecified atom stereocenters. The van der Waals surface area contributed by atoms with E-state index in [1.165, 1.54) is 24.1 Å². The number of carbonyl (C=O) groups is 2. The molecule has 0 aliphatic rings. The summed E-state index contributed by atoms with van der Waals surface area (Å²) in [7, 11) is -2.72. The lowest BCUT2D eigenvalue weighted by Crippen LogP contribution is -2.53. The van der Waals surface area contributed by atoms with Gasteiger partial charge in [0.1, 0.15) is 18.3 Å². The number of hydrogen-bond acceptors (Lipinski definition) is 5. The molecule has 4 aromatic rings. The van der Waals surface area contributed by atoms with Crippen LogP contribution in [0.4, 0.5) is 5.69 Å². The molecule has 0 fully saturated rings. The van der Waals surface area contributed by atoms with Crippen molar-refractivity contribution < 1.29 is 22.7 Å². The molecule has 45 heavy (non-hydrogen) atoms. The summed E-state index contributed by atoms with van der Waals surface area (Å²) >= 11 is 6.54. The summed E-state index contributed by atoms with van der Waals surface area (Å²) in [6.45, 7) is 3.84. The van der Waals surface area contributed by atoms with E-state index in [1.54, 1.807) is 66.7 Å². The van der Waals surface area contributed by atoms with E-state index in [1.807, 2.05) is 44.2 Å². The zero-order chi connectivity index (χ0) is 32.4. The zero-order valence-corrected chi connectivity index (χ0v) is 27.2. The lowest BCUT2D eigenvalue weighted by atomic mass is 10.0. The van der Waals surface area contributed by atoms with E-state index < -0.39 is 28.5 Å². The molecule has 0 radical (unpaired) electrons. The van der Waals surface area contributed by atoms with E-state index in [0.717, 1.165) is 9.87 Å². The van der Waals surface area contributed by atoms with Gasteiger partial charge in [0, 0.05) is 24.5 Å². The lowest BCUT2D eigenvalue weighted by molar-refractivity contribution is -0.140. The number of hydrogen-bond donors (Lipinski definition) is 1. The predicted molar refractivity (Wildman–Crippen MR) is 178 cm³/mol. The van der Waals surface area contributed by atoms with Gasteiger partial charge < -0.3 is 15.0 Å². The number of para-hydroxylation sites is 1. The average Bonchev–Trinajstić information content (AvgIpc) is 3.05. The highest BCUT2D eigenvalue weighted by Gasteiger charge is 2.35. The number of benzene rings is 4. The molecule has 10 heteroatoms. The molecule has 0 spiro atoms. The number of sulfonamides is 1. The number of nitrogens with zero attached hydrogens (tertiary/aromatic N) is 2. The second-order valence-electron chi connectivity index (χ2n) is 11.0. The average molecular weight is 648 g/mol. The summed E-state index contributed by atoms with van der Waals surface area (Å²) < 4.78 is 34.5. The van der Waals surface area contributed by atoms with Crippen LogP contribution >= 0.6 is 11.6 Å². The van der Waals surface area contributed by atoms with Gasteiger partial charge in [-0.15, -0.1) is 0 Å². The van der Waals surface area contributed by atoms with Crippen LogP contribution in [0.2, 0.25) is 5.02 Å². The number of rotatable bonds is 14. The van der Waals surface area contributed by atoms with Crippen LogP contribution in [-0.2, 0) is 32.6 Å². The molecular formula is C35H38ClN3O5S. The minimum atomic E-state index is -4.21. The molecule has 4 aromatic carbocycles. The molecule has 2 amide bonds. The molecule has 0 aromatic heterocycles. The van der Waals surface area contributed by atoms with Crippen molar-refractivity contribution in [1.29, 1.82) is 0 Å². The molecule has 236 valence electrons. The van der Waals surface area contributed by atoms with Gasteiger partial charge in [-0.2, -0.15) is 0 Å². The minimum Gasteiger partial charge on any atom is -0.497 e. The third-order valence-corrected chi connectivity index (χ3v) is 9.38. The summed E-state index contributed by atoms with van der Waals surface area (Å²) in [5.74, 6) is -0.214. The van der Waals surface area contributed by atoms with E-state index in [2.05, 4.69) is 5.32 Å². The third-order valence-electron chi connectivity index (χ3n) is 7.22. The van der Waals surface area contributed by atoms with E-state index in [-0.39, 0.29) is 29.7 Å². The van der Waals surface area contributed by atoms with Gasteiger partial charge in [-0.05, 0) is 59.5 Å². The number of anilines is 1. The highest BCUT2D eigenvalue weighted by atomic mass is 35.5. The Labute approximate surface area is 270 Å². The first-order valence-corrected chi connectivity index (χ1v) is 16.5. The second kappa shape index (κ2) is 15.6. The normalized spacial score (nSPS) is 11.9. The highest BCUT2D eigenvalue weighted by Crippen LogP contribution is 2.27. The van der Waals surface area contributed by atoms with E-state index in [4.69, 9.17) is 16.3 Å². The summed E-state index contributed by atoms with van der Waals surface area (Å²) in [5, 5.41) is 3.41. The third kappa shape index (κ3) is 8.86. The molecule has 0 aliphatic carbocycles. The maximum Gasteiger partial charge on any atom is 0.264 e. The van der Waals surface area contributed by atoms with Crippen molar-refractivity contribution in [2.24, 2.45) is 5.92 Å². The first-order chi connectivity index (χ1) is 21.6. The number of amides is 2. The Morgan fingerprint density at radius 1 is 0.844 bits per heavy atom. The van der Waals surface area contributed by atoms with Crippen molar-refractivity contribution >= 4 is 39.1 Å². The van der Waals surface area contributed by atoms with Crippen LogP contribution < -0.4 is 14.4 Å². The van der Waals surface area contributed by atoms with Crippen LogP contribution in [-0.4, -0.2) is 51.4 Å². The first kappa shape index (κ1) is 33.6. The van der Waals surface area contributed by atoms with Gasteiger partial charge in [0.15, 0.2) is 0 Å². The smallest absolute Gasteiger partial charge is 0.264 e. The molecule has 8 nitrogen and oxygen atoms in total. The van der Waals surface area contributed by atoms with E-state index in [0.29, 0.717) is 28.6 Å². The maximum absolute atomic E-state index is 14.5. The van der Waals surface area contributed by atoms with Gasteiger partial charge in [-0.1, -0.05) is 92.2 Å². The Morgan fingerprint density at radius 3 is 2.04 bits per heavy atom. The van der Waals surface area contributed by atoms with Crippen LogP contribution in [0.15, 0.2) is 114 Å². The van der Waals surface area contributed by atoms with Gasteiger partial charge in [0.25, 0.3) is 10.0 Å². The van der Waals surface area contributed by atoms with Gasteiger partial charge in [0.2, 0.25) is 11.8 Å². The summed E-state index contributed by atoms with van der Waals surface area (Å²) in [6, 6.07) is 30.0. The largest absolute Gasteiger partial charge is 0.497 e. The number of methoxy groups -OCH3 is 1. The van der Waals surface area contributed by atoms with Crippen molar-refractivity contribution in [3.8, 4) is 5.75 Å². The summed E-state index contributed by atoms with van der Waals surface area (Å²) in [5.41, 5.74) is 1.79. The van der Waals surface area contributed by atoms with Crippen molar-refractivity contribution in [2.75, 3.05) is 24.5 Å². The van der Waals surface area contributed by atoms with Gasteiger partial charge >= 0.3 is 0 Å². The van der Waals surface area contributed by atoms with E-state index in [9.17, 15) is 18.0 Å². The molecule has 0 saturated heterocycles. The standard InChI is InChI=1S/C35H38ClN3O5S/c1-26(2)23-37-35(41)33(22-27-12-6-4-7-13-27)38(24-28-14-10-11-17-32(28)36)34(40)25-39(29-15-8-5-9-16-29)45(42,43)31-20-18-30(44-3)19-21-31/h4-21,26,33H,22-25H2,1-3H3,(H,37,41). The Balaban J connectivity index is 1.78. The zero-order valence-electron chi connectivity index (χ0n) is 25.6. The Morgan fingerprint density at radius 2 is 1.44 bits per heavy atom. The maximum atomic E-state index is 14.5. The van der Waals surface area contributed by atoms with Crippen LogP contribution in [0.1, 0.15) is 25.0 Å². The van der Waals surface area contributed by atoms with Crippen LogP contribution in [0.3, 0.4) is 0 Å². The molecule has 1 N–H and O–H groups in total. The van der Waals surface area contributed by atoms with Crippen LogP contribution in [0.25, 0.3) is 0 Å². The monoisotopic (exact) mass is 647 g/mol. The first-order valence-electron chi connectivity index (χ1n) is 14.7. The molecule has 1 atom stereocenters. The van der Waals surface area contributed by atoms with Crippen molar-refractivity contribution in [1.82, 2.24) is 10.2 Å². The molecule has 0 saturated carbocycles. The Kier molecular flexibility index (Phi) is 11.6.